The number of ketones is 1. The SMILES string of the molecule is C=CCCCC(=O)O[C@H]1C[C@H]2OC[C@@]2(OC(C)=O)[C@H]2[C@H](OC(=O)c3ccccc3)[C@]3(O)CC(OC(=O)[C@H](O[Si](C)(C)C(C)(C)C)C(NC(=O)c4ccccc4)c4ccccc4)C(C)=C([C@@H](OC(C)=O)C(=O)[C@]12C)C3(C)C. The van der Waals surface area contributed by atoms with Gasteiger partial charge < -0.3 is 43.3 Å². The molecule has 1 heterocycles. The Hall–Kier alpha value is -6.27. The number of nitrogens with one attached hydrogen (secondary N) is 1. The zero-order chi connectivity index (χ0) is 55.8. The zero-order valence-corrected chi connectivity index (χ0v) is 46.5. The molecule has 0 spiro atoms. The van der Waals surface area contributed by atoms with E-state index in [9.17, 15) is 29.1 Å². The van der Waals surface area contributed by atoms with Gasteiger partial charge in [-0.3, -0.25) is 24.0 Å². The molecule has 2 N–H and O–H groups in total. The van der Waals surface area contributed by atoms with Gasteiger partial charge in [-0.05, 0) is 85.8 Å². The summed E-state index contributed by atoms with van der Waals surface area (Å²) in [6.07, 6.45) is -7.39. The second kappa shape index (κ2) is 22.0. The van der Waals surface area contributed by atoms with Gasteiger partial charge in [0.25, 0.3) is 5.91 Å². The molecule has 7 rings (SSSR count). The quantitative estimate of drug-likeness (QED) is 0.0425. The van der Waals surface area contributed by atoms with Crippen molar-refractivity contribution >= 4 is 49.9 Å². The lowest BCUT2D eigenvalue weighted by Gasteiger charge is -2.67. The normalized spacial score (nSPS) is 28.5. The summed E-state index contributed by atoms with van der Waals surface area (Å²) in [6, 6.07) is 24.2. The van der Waals surface area contributed by atoms with Crippen LogP contribution in [0.4, 0.5) is 0 Å². The van der Waals surface area contributed by atoms with Crippen LogP contribution in [0.15, 0.2) is 115 Å². The first-order chi connectivity index (χ1) is 35.6. The van der Waals surface area contributed by atoms with E-state index in [1.165, 1.54) is 26.0 Å². The van der Waals surface area contributed by atoms with Crippen molar-refractivity contribution in [2.45, 2.75) is 166 Å². The van der Waals surface area contributed by atoms with Gasteiger partial charge >= 0.3 is 29.8 Å². The molecule has 0 radical (unpaired) electrons. The molecule has 17 heteroatoms. The van der Waals surface area contributed by atoms with Crippen molar-refractivity contribution in [2.24, 2.45) is 16.7 Å². The third-order valence-electron chi connectivity index (χ3n) is 16.7. The molecule has 1 saturated heterocycles. The van der Waals surface area contributed by atoms with E-state index < -0.39 is 132 Å². The van der Waals surface area contributed by atoms with Crippen LogP contribution >= 0.6 is 0 Å². The second-order valence-corrected chi connectivity index (χ2v) is 27.6. The molecule has 3 aliphatic carbocycles. The number of fused-ring (bicyclic) bond motifs is 5. The van der Waals surface area contributed by atoms with Crippen LogP contribution in [0.2, 0.25) is 18.1 Å². The Morgan fingerprint density at radius 1 is 0.855 bits per heavy atom. The number of carbonyl (C=O) groups excluding carboxylic acids is 7. The molecule has 3 fully saturated rings. The van der Waals surface area contributed by atoms with E-state index in [0.29, 0.717) is 24.0 Å². The van der Waals surface area contributed by atoms with Crippen molar-refractivity contribution in [3.8, 4) is 0 Å². The van der Waals surface area contributed by atoms with Crippen LogP contribution in [0.1, 0.15) is 127 Å². The number of carbonyl (C=O) groups is 7. The molecule has 16 nitrogen and oxygen atoms in total. The molecule has 4 aliphatic rings. The van der Waals surface area contributed by atoms with Gasteiger partial charge in [-0.15, -0.1) is 6.58 Å². The van der Waals surface area contributed by atoms with Crippen molar-refractivity contribution in [1.29, 1.82) is 0 Å². The molecule has 76 heavy (non-hydrogen) atoms. The molecule has 2 unspecified atom stereocenters. The van der Waals surface area contributed by atoms with Crippen LogP contribution in [0.3, 0.4) is 0 Å². The van der Waals surface area contributed by atoms with Crippen LogP contribution in [-0.4, -0.2) is 109 Å². The third-order valence-corrected chi connectivity index (χ3v) is 21.2. The Labute approximate surface area is 446 Å². The van der Waals surface area contributed by atoms with E-state index in [1.54, 1.807) is 106 Å². The minimum Gasteiger partial charge on any atom is -0.461 e. The number of aliphatic hydroxyl groups is 1. The first-order valence-corrected chi connectivity index (χ1v) is 28.9. The summed E-state index contributed by atoms with van der Waals surface area (Å²) in [5, 5.41) is 16.9. The maximum Gasteiger partial charge on any atom is 0.338 e. The first kappa shape index (κ1) is 57.4. The van der Waals surface area contributed by atoms with Gasteiger partial charge in [0.1, 0.15) is 30.0 Å². The molecule has 11 atom stereocenters. The largest absolute Gasteiger partial charge is 0.461 e. The van der Waals surface area contributed by atoms with Gasteiger partial charge in [-0.25, -0.2) is 9.59 Å². The van der Waals surface area contributed by atoms with Crippen molar-refractivity contribution in [3.63, 3.8) is 0 Å². The number of benzene rings is 3. The third kappa shape index (κ3) is 10.7. The van der Waals surface area contributed by atoms with Gasteiger partial charge in [0.2, 0.25) is 0 Å². The predicted molar refractivity (Wildman–Crippen MR) is 282 cm³/mol. The van der Waals surface area contributed by atoms with Crippen LogP contribution in [-0.2, 0) is 56.8 Å². The Morgan fingerprint density at radius 3 is 1.99 bits per heavy atom. The average molecular weight is 1060 g/mol. The summed E-state index contributed by atoms with van der Waals surface area (Å²) < 4.78 is 45.2. The molecule has 3 aromatic rings. The average Bonchev–Trinajstić information content (AvgIpc) is 3.38. The van der Waals surface area contributed by atoms with Crippen molar-refractivity contribution in [2.75, 3.05) is 6.61 Å². The minimum absolute atomic E-state index is 0.0307. The predicted octanol–water partition coefficient (Wildman–Crippen LogP) is 8.67. The van der Waals surface area contributed by atoms with Crippen LogP contribution in [0.25, 0.3) is 0 Å². The van der Waals surface area contributed by atoms with Gasteiger partial charge in [-0.2, -0.15) is 0 Å². The molecule has 0 aromatic heterocycles. The standard InChI is InChI=1S/C59H73NO15Si/c1-13-14-18-31-44(63)72-42-32-43-58(34-69-43,74-37(4)62)49-51(73-53(66)40-29-23-17-24-30-40)59(68)33-41(35(2)45(56(59,8)9)47(70-36(3)61)50(64)57(42,49)10)71-54(67)48(75-76(11,12)55(5,6)7)46(38-25-19-15-20-26-38)60-52(65)39-27-21-16-22-28-39/h13,15-17,19-30,41-43,46-49,51,68H,1,14,18,31-34H2,2-12H3,(H,60,65)/t41?,42-,43+,46?,47+,48+,49-,51-,57+,58-,59+/m0/s1. The molecule has 1 aliphatic heterocycles. The Morgan fingerprint density at radius 2 is 1.45 bits per heavy atom. The smallest absolute Gasteiger partial charge is 0.338 e. The van der Waals surface area contributed by atoms with Crippen LogP contribution in [0.5, 0.6) is 0 Å². The molecular weight excluding hydrogens is 991 g/mol. The highest BCUT2D eigenvalue weighted by atomic mass is 28.4. The summed E-state index contributed by atoms with van der Waals surface area (Å²) in [7, 11) is -2.97. The summed E-state index contributed by atoms with van der Waals surface area (Å²) in [4.78, 5) is 102. The van der Waals surface area contributed by atoms with Crippen LogP contribution in [0, 0.1) is 16.7 Å². The number of amides is 1. The van der Waals surface area contributed by atoms with E-state index in [1.807, 2.05) is 33.9 Å². The Balaban J connectivity index is 1.47. The highest BCUT2D eigenvalue weighted by molar-refractivity contribution is 6.74. The molecule has 2 bridgehead atoms. The van der Waals surface area contributed by atoms with Crippen LogP contribution < -0.4 is 5.32 Å². The summed E-state index contributed by atoms with van der Waals surface area (Å²) in [5.41, 5.74) is -6.87. The first-order valence-electron chi connectivity index (χ1n) is 26.0. The van der Waals surface area contributed by atoms with E-state index in [2.05, 4.69) is 11.9 Å². The van der Waals surface area contributed by atoms with Crippen molar-refractivity contribution in [1.82, 2.24) is 5.32 Å². The second-order valence-electron chi connectivity index (χ2n) is 22.9. The molecule has 3 aromatic carbocycles. The van der Waals surface area contributed by atoms with Gasteiger partial charge in [0, 0.05) is 44.1 Å². The number of allylic oxidation sites excluding steroid dienone is 1. The monoisotopic (exact) mass is 1060 g/mol. The number of Topliss-reactive ketones (excluding diaryl/α,β-unsaturated/α-hetero) is 1. The number of hydrogen-bond donors (Lipinski definition) is 2. The van der Waals surface area contributed by atoms with E-state index in [0.717, 1.165) is 6.92 Å². The molecule has 2 saturated carbocycles. The van der Waals surface area contributed by atoms with Crippen molar-refractivity contribution < 1.29 is 71.5 Å². The van der Waals surface area contributed by atoms with Crippen molar-refractivity contribution in [3.05, 3.63) is 131 Å². The van der Waals surface area contributed by atoms with E-state index >= 15 is 9.59 Å². The number of esters is 5. The molecule has 1 amide bonds. The van der Waals surface area contributed by atoms with E-state index in [4.69, 9.17) is 32.8 Å². The molecule has 408 valence electrons. The topological polar surface area (TPSA) is 216 Å². The summed E-state index contributed by atoms with van der Waals surface area (Å²) in [5.74, 6) is -7.13. The Bertz CT molecular complexity index is 2740. The number of rotatable bonds is 17. The lowest BCUT2D eigenvalue weighted by Crippen LogP contribution is -2.82. The van der Waals surface area contributed by atoms with Gasteiger partial charge in [0.15, 0.2) is 31.9 Å². The lowest BCUT2D eigenvalue weighted by atomic mass is 9.44. The lowest BCUT2D eigenvalue weighted by molar-refractivity contribution is -0.346. The fourth-order valence-corrected chi connectivity index (χ4v) is 12.8. The minimum atomic E-state index is -2.97. The Kier molecular flexibility index (Phi) is 16.6. The number of ether oxygens (including phenoxy) is 6. The summed E-state index contributed by atoms with van der Waals surface area (Å²) >= 11 is 0. The molecular formula is C59H73NO15Si. The zero-order valence-electron chi connectivity index (χ0n) is 45.5. The number of unbranched alkanes of at least 4 members (excludes halogenated alkanes) is 1. The highest BCUT2D eigenvalue weighted by Crippen LogP contribution is 2.65. The van der Waals surface area contributed by atoms with Gasteiger partial charge in [-0.1, -0.05) is 107 Å². The fourth-order valence-electron chi connectivity index (χ4n) is 11.5. The highest BCUT2D eigenvalue weighted by Gasteiger charge is 2.79. The number of hydrogen-bond acceptors (Lipinski definition) is 15. The fraction of sp³-hybridized carbons (Fsp3) is 0.508. The maximum absolute atomic E-state index is 16.4. The van der Waals surface area contributed by atoms with E-state index in [-0.39, 0.29) is 36.2 Å². The maximum atomic E-state index is 16.4. The summed E-state index contributed by atoms with van der Waals surface area (Å²) in [6.45, 7) is 21.9. The van der Waals surface area contributed by atoms with Gasteiger partial charge in [0.05, 0.1) is 29.5 Å².